The van der Waals surface area contributed by atoms with Crippen LogP contribution in [0.2, 0.25) is 0 Å². The summed E-state index contributed by atoms with van der Waals surface area (Å²) in [5.41, 5.74) is 3.57. The Balaban J connectivity index is 1.46. The third-order valence-electron chi connectivity index (χ3n) is 8.36. The van der Waals surface area contributed by atoms with Gasteiger partial charge in [-0.3, -0.25) is 10.1 Å². The summed E-state index contributed by atoms with van der Waals surface area (Å²) in [5, 5.41) is 37.3. The summed E-state index contributed by atoms with van der Waals surface area (Å²) in [5.74, 6) is 1.86. The van der Waals surface area contributed by atoms with Crippen molar-refractivity contribution in [3.8, 4) is 28.4 Å². The van der Waals surface area contributed by atoms with E-state index in [0.29, 0.717) is 62.1 Å². The molecule has 1 fully saturated rings. The molecule has 7 nitrogen and oxygen atoms in total. The minimum atomic E-state index is -0.506. The molecular formula is C33H41NO6S2. The van der Waals surface area contributed by atoms with Crippen molar-refractivity contribution in [2.75, 3.05) is 19.6 Å². The summed E-state index contributed by atoms with van der Waals surface area (Å²) in [4.78, 5) is 13.3. The Hall–Kier alpha value is -2.43. The molecule has 0 aromatic heterocycles. The number of ether oxygens (including phenoxy) is 2. The molecule has 5 rings (SSSR count). The van der Waals surface area contributed by atoms with E-state index in [0.717, 1.165) is 33.0 Å². The smallest absolute Gasteiger partial charge is 0.168 e. The molecule has 1 aliphatic carbocycles. The summed E-state index contributed by atoms with van der Waals surface area (Å²) in [6, 6.07) is 13.4. The summed E-state index contributed by atoms with van der Waals surface area (Å²) < 4.78 is 11.9. The highest BCUT2D eigenvalue weighted by Gasteiger charge is 2.23. The lowest BCUT2D eigenvalue weighted by atomic mass is 9.89. The lowest BCUT2D eigenvalue weighted by Crippen LogP contribution is -2.32. The molecule has 0 bridgehead atoms. The first kappa shape index (κ1) is 31.0. The first-order chi connectivity index (χ1) is 20.4. The van der Waals surface area contributed by atoms with Gasteiger partial charge in [0.15, 0.2) is 11.5 Å². The maximum absolute atomic E-state index is 13.3. The predicted octanol–water partition coefficient (Wildman–Crippen LogP) is 6.73. The minimum absolute atomic E-state index is 0.0345. The zero-order chi connectivity index (χ0) is 29.5. The largest absolute Gasteiger partial charge is 0.508 e. The molecule has 0 radical (unpaired) electrons. The Morgan fingerprint density at radius 1 is 0.976 bits per heavy atom. The first-order valence-corrected chi connectivity index (χ1v) is 17.3. The zero-order valence-corrected chi connectivity index (χ0v) is 25.8. The van der Waals surface area contributed by atoms with Crippen molar-refractivity contribution >= 4 is 38.1 Å². The molecule has 42 heavy (non-hydrogen) atoms. The third-order valence-corrected chi connectivity index (χ3v) is 10.7. The molecule has 2 atom stereocenters. The molecule has 0 spiro atoms. The van der Waals surface area contributed by atoms with Gasteiger partial charge in [-0.1, -0.05) is 58.7 Å². The number of methoxy groups -OCH3 is 1. The van der Waals surface area contributed by atoms with Crippen LogP contribution in [0, 0.1) is 0 Å². The second kappa shape index (κ2) is 14.8. The lowest BCUT2D eigenvalue weighted by Gasteiger charge is -2.22. The molecule has 4 N–H and O–H groups in total. The maximum atomic E-state index is 13.3. The molecule has 1 aliphatic heterocycles. The molecular weight excluding hydrogens is 570 g/mol. The van der Waals surface area contributed by atoms with Gasteiger partial charge in [0.25, 0.3) is 0 Å². The molecule has 2 aliphatic rings. The van der Waals surface area contributed by atoms with Crippen molar-refractivity contribution in [2.24, 2.45) is 0 Å². The number of Topliss-reactive ketones (excluding diaryl/α,β-unsaturated/α-hetero) is 1. The highest BCUT2D eigenvalue weighted by molar-refractivity contribution is 8.76. The van der Waals surface area contributed by atoms with E-state index in [1.165, 1.54) is 25.7 Å². The summed E-state index contributed by atoms with van der Waals surface area (Å²) in [6.07, 6.45) is 6.37. The van der Waals surface area contributed by atoms with E-state index in [9.17, 15) is 20.1 Å². The molecule has 3 aromatic carbocycles. The predicted molar refractivity (Wildman–Crippen MR) is 171 cm³/mol. The van der Waals surface area contributed by atoms with Gasteiger partial charge in [-0.25, -0.2) is 0 Å². The van der Waals surface area contributed by atoms with Crippen LogP contribution in [0.15, 0.2) is 42.5 Å². The second-order valence-corrected chi connectivity index (χ2v) is 13.8. The maximum Gasteiger partial charge on any atom is 0.168 e. The van der Waals surface area contributed by atoms with Gasteiger partial charge in [-0.2, -0.15) is 0 Å². The number of hydrogen-bond donors (Lipinski definition) is 4. The number of aromatic hydroxyl groups is 2. The molecule has 1 heterocycles. The molecule has 3 aromatic rings. The number of aliphatic hydroxyl groups is 1. The van der Waals surface area contributed by atoms with E-state index < -0.39 is 6.10 Å². The fourth-order valence-electron chi connectivity index (χ4n) is 6.06. The van der Waals surface area contributed by atoms with Crippen LogP contribution in [-0.4, -0.2) is 58.9 Å². The van der Waals surface area contributed by atoms with E-state index in [2.05, 4.69) is 5.32 Å². The van der Waals surface area contributed by atoms with Crippen LogP contribution in [0.25, 0.3) is 21.9 Å². The van der Waals surface area contributed by atoms with Crippen molar-refractivity contribution in [1.29, 1.82) is 0 Å². The van der Waals surface area contributed by atoms with Gasteiger partial charge in [-0.05, 0) is 77.8 Å². The topological polar surface area (TPSA) is 108 Å². The van der Waals surface area contributed by atoms with Gasteiger partial charge in [0.1, 0.15) is 11.5 Å². The van der Waals surface area contributed by atoms with Gasteiger partial charge in [-0.15, -0.1) is 0 Å². The van der Waals surface area contributed by atoms with E-state index >= 15 is 0 Å². The van der Waals surface area contributed by atoms with Crippen molar-refractivity contribution < 1.29 is 29.6 Å². The average molecular weight is 612 g/mol. The van der Waals surface area contributed by atoms with E-state index in [-0.39, 0.29) is 23.4 Å². The molecule has 0 saturated heterocycles. The molecule has 9 heteroatoms. The molecule has 0 unspecified atom stereocenters. The Morgan fingerprint density at radius 3 is 2.60 bits per heavy atom. The second-order valence-electron chi connectivity index (χ2n) is 11.3. The number of hydrogen-bond acceptors (Lipinski definition) is 9. The van der Waals surface area contributed by atoms with Gasteiger partial charge in [0.05, 0.1) is 26.0 Å². The van der Waals surface area contributed by atoms with E-state index in [4.69, 9.17) is 9.47 Å². The number of aryl methyl sites for hydroxylation is 1. The quantitative estimate of drug-likeness (QED) is 0.184. The molecule has 1 saturated carbocycles. The third kappa shape index (κ3) is 7.74. The SMILES string of the molecule is COc1c(O)ccc2c1-c1ccc3ccc(O)cc3c1CSSC[C@@H](O)CC[C@@H](OCNC1CCCC1)CC(=O)CC2. The zero-order valence-electron chi connectivity index (χ0n) is 24.1. The number of phenolic OH excluding ortho intramolecular Hbond substituents is 2. The summed E-state index contributed by atoms with van der Waals surface area (Å²) in [6.45, 7) is 0.420. The van der Waals surface area contributed by atoms with Crippen LogP contribution >= 0.6 is 21.6 Å². The number of phenols is 2. The number of carbonyl (C=O) groups is 1. The number of benzene rings is 3. The number of carbonyl (C=O) groups excluding carboxylic acids is 1. The van der Waals surface area contributed by atoms with Crippen molar-refractivity contribution in [2.45, 2.75) is 81.8 Å². The summed E-state index contributed by atoms with van der Waals surface area (Å²) in [7, 11) is 4.80. The molecule has 226 valence electrons. The Kier molecular flexibility index (Phi) is 11.0. The Bertz CT molecular complexity index is 1380. The normalized spacial score (nSPS) is 21.2. The summed E-state index contributed by atoms with van der Waals surface area (Å²) >= 11 is 0. The Morgan fingerprint density at radius 2 is 1.79 bits per heavy atom. The van der Waals surface area contributed by atoms with Crippen LogP contribution in [0.1, 0.15) is 62.5 Å². The fraction of sp³-hybridized carbons (Fsp3) is 0.485. The van der Waals surface area contributed by atoms with Crippen LogP contribution in [0.5, 0.6) is 17.2 Å². The number of ketones is 1. The number of nitrogens with one attached hydrogen (secondary N) is 1. The average Bonchev–Trinajstić information content (AvgIpc) is 3.50. The van der Waals surface area contributed by atoms with Crippen molar-refractivity contribution in [3.05, 3.63) is 53.6 Å². The van der Waals surface area contributed by atoms with E-state index in [1.807, 2.05) is 24.3 Å². The lowest BCUT2D eigenvalue weighted by molar-refractivity contribution is -0.122. The van der Waals surface area contributed by atoms with Crippen LogP contribution in [-0.2, 0) is 21.7 Å². The fourth-order valence-corrected chi connectivity index (χ4v) is 8.35. The van der Waals surface area contributed by atoms with Crippen molar-refractivity contribution in [1.82, 2.24) is 5.32 Å². The van der Waals surface area contributed by atoms with Gasteiger partial charge >= 0.3 is 0 Å². The van der Waals surface area contributed by atoms with Gasteiger partial charge < -0.3 is 24.8 Å². The monoisotopic (exact) mass is 611 g/mol. The Labute approximate surface area is 255 Å². The van der Waals surface area contributed by atoms with Crippen LogP contribution < -0.4 is 10.1 Å². The number of rotatable bonds is 5. The number of fused-ring (bicyclic) bond motifs is 5. The van der Waals surface area contributed by atoms with Crippen molar-refractivity contribution in [3.63, 3.8) is 0 Å². The highest BCUT2D eigenvalue weighted by atomic mass is 33.1. The number of aliphatic hydroxyl groups excluding tert-OH is 1. The van der Waals surface area contributed by atoms with Gasteiger partial charge in [0.2, 0.25) is 0 Å². The minimum Gasteiger partial charge on any atom is -0.508 e. The molecule has 0 amide bonds. The first-order valence-electron chi connectivity index (χ1n) is 14.9. The highest BCUT2D eigenvalue weighted by Crippen LogP contribution is 2.45. The van der Waals surface area contributed by atoms with Gasteiger partial charge in [0, 0.05) is 36.0 Å². The van der Waals surface area contributed by atoms with Crippen LogP contribution in [0.4, 0.5) is 0 Å². The standard InChI is InChI=1S/C33H41NO6S2/c1-39-33-31(38)15-9-22-7-11-24(35)16-27(40-20-34-23-4-2-3-5-23)13-12-26(37)18-41-42-19-30-28(32(22)33)14-8-21-6-10-25(36)17-29(21)30/h6,8-10,14-15,17,23,26-27,34,36-38H,2-5,7,11-13,16,18-20H2,1H3/t26-,27+/m0/s1. The van der Waals surface area contributed by atoms with Crippen LogP contribution in [0.3, 0.4) is 0 Å². The van der Waals surface area contributed by atoms with E-state index in [1.54, 1.807) is 46.9 Å².